The maximum Gasteiger partial charge on any atom is 0.303 e. The molecule has 0 aliphatic heterocycles. The molecule has 0 spiro atoms. The molecular weight excluding hydrogens is 436 g/mol. The number of rotatable bonds is 24. The molecule has 4 heteroatoms. The lowest BCUT2D eigenvalue weighted by Crippen LogP contribution is -2.26. The van der Waals surface area contributed by atoms with Crippen molar-refractivity contribution in [1.82, 2.24) is 0 Å². The molecule has 200 valence electrons. The molecule has 0 radical (unpaired) electrons. The van der Waals surface area contributed by atoms with Gasteiger partial charge >= 0.3 is 5.97 Å². The second-order valence-corrected chi connectivity index (χ2v) is 8.81. The normalized spacial score (nSPS) is 13.3. The fourth-order valence-electron chi connectivity index (χ4n) is 3.47. The lowest BCUT2D eigenvalue weighted by Gasteiger charge is -2.14. The second-order valence-electron chi connectivity index (χ2n) is 8.81. The standard InChI is InChI=1S/C31H52O4/c1-3-4-5-6-7-8-9-10-11-12-13-14-15-16-17-18-19-20-21-22-23-24-25-26-27-34-29-31(28-32)35-30(2)33/h4-5,7-8,10-11,13-14,16-17,31-32H,3,6,9,12,15,18-29H2,1-2H3/b5-4-,8-7-,11-10-,14-13-,17-16-. The van der Waals surface area contributed by atoms with Crippen LogP contribution in [-0.4, -0.2) is 37.0 Å². The molecule has 0 aromatic carbocycles. The van der Waals surface area contributed by atoms with Crippen LogP contribution in [0.5, 0.6) is 0 Å². The topological polar surface area (TPSA) is 55.8 Å². The predicted molar refractivity (Wildman–Crippen MR) is 149 cm³/mol. The predicted octanol–water partition coefficient (Wildman–Crippen LogP) is 8.19. The van der Waals surface area contributed by atoms with Crippen molar-refractivity contribution in [3.8, 4) is 0 Å². The number of carbonyl (C=O) groups excluding carboxylic acids is 1. The summed E-state index contributed by atoms with van der Waals surface area (Å²) in [7, 11) is 0. The molecule has 0 saturated heterocycles. The highest BCUT2D eigenvalue weighted by atomic mass is 16.6. The Labute approximate surface area is 215 Å². The number of aliphatic hydroxyl groups is 1. The van der Waals surface area contributed by atoms with Gasteiger partial charge in [-0.15, -0.1) is 0 Å². The first-order chi connectivity index (χ1) is 17.2. The molecular formula is C31H52O4. The number of esters is 1. The summed E-state index contributed by atoms with van der Waals surface area (Å²) in [5, 5.41) is 9.10. The number of aliphatic hydroxyl groups excluding tert-OH is 1. The molecule has 0 amide bonds. The Morgan fingerprint density at radius 3 is 1.63 bits per heavy atom. The molecule has 4 nitrogen and oxygen atoms in total. The molecule has 0 aliphatic carbocycles. The highest BCUT2D eigenvalue weighted by Crippen LogP contribution is 2.10. The zero-order valence-corrected chi connectivity index (χ0v) is 22.5. The van der Waals surface area contributed by atoms with E-state index in [1.807, 2.05) is 0 Å². The summed E-state index contributed by atoms with van der Waals surface area (Å²) in [5.41, 5.74) is 0. The van der Waals surface area contributed by atoms with Crippen LogP contribution in [0.25, 0.3) is 0 Å². The van der Waals surface area contributed by atoms with E-state index in [0.29, 0.717) is 6.61 Å². The van der Waals surface area contributed by atoms with Crippen LogP contribution in [0.2, 0.25) is 0 Å². The Morgan fingerprint density at radius 1 is 0.686 bits per heavy atom. The van der Waals surface area contributed by atoms with E-state index in [1.54, 1.807) is 0 Å². The van der Waals surface area contributed by atoms with Gasteiger partial charge in [-0.1, -0.05) is 106 Å². The Morgan fingerprint density at radius 2 is 1.14 bits per heavy atom. The van der Waals surface area contributed by atoms with Gasteiger partial charge in [-0.05, 0) is 51.4 Å². The molecule has 1 unspecified atom stereocenters. The molecule has 1 atom stereocenters. The minimum atomic E-state index is -0.540. The molecule has 0 aromatic heterocycles. The fourth-order valence-corrected chi connectivity index (χ4v) is 3.47. The summed E-state index contributed by atoms with van der Waals surface area (Å²) in [5.74, 6) is -0.384. The summed E-state index contributed by atoms with van der Waals surface area (Å²) in [6.07, 6.45) is 38.3. The lowest BCUT2D eigenvalue weighted by molar-refractivity contribution is -0.152. The smallest absolute Gasteiger partial charge is 0.303 e. The van der Waals surface area contributed by atoms with Gasteiger partial charge < -0.3 is 14.6 Å². The van der Waals surface area contributed by atoms with Crippen LogP contribution in [-0.2, 0) is 14.3 Å². The van der Waals surface area contributed by atoms with Crippen LogP contribution in [0.4, 0.5) is 0 Å². The van der Waals surface area contributed by atoms with Crippen molar-refractivity contribution in [3.63, 3.8) is 0 Å². The molecule has 0 rings (SSSR count). The van der Waals surface area contributed by atoms with E-state index in [0.717, 1.165) is 44.9 Å². The summed E-state index contributed by atoms with van der Waals surface area (Å²) in [6.45, 7) is 4.24. The van der Waals surface area contributed by atoms with E-state index in [1.165, 1.54) is 51.9 Å². The van der Waals surface area contributed by atoms with Crippen LogP contribution in [0.15, 0.2) is 60.8 Å². The Hall–Kier alpha value is -1.91. The SMILES string of the molecule is CC/C=C\C/C=C\C/C=C\C/C=C\C/C=C\CCCCCCCCCCOCC(CO)OC(C)=O. The van der Waals surface area contributed by atoms with Gasteiger partial charge in [0.1, 0.15) is 6.10 Å². The third kappa shape index (κ3) is 28.2. The van der Waals surface area contributed by atoms with E-state index in [-0.39, 0.29) is 19.2 Å². The summed E-state index contributed by atoms with van der Waals surface area (Å²) < 4.78 is 10.4. The van der Waals surface area contributed by atoms with E-state index < -0.39 is 6.10 Å². The fraction of sp³-hybridized carbons (Fsp3) is 0.645. The average Bonchev–Trinajstić information content (AvgIpc) is 2.85. The number of unbranched alkanes of at least 4 members (excludes halogenated alkanes) is 8. The third-order valence-corrected chi connectivity index (χ3v) is 5.41. The van der Waals surface area contributed by atoms with E-state index in [2.05, 4.69) is 67.7 Å². The summed E-state index contributed by atoms with van der Waals surface area (Å²) in [6, 6.07) is 0. The van der Waals surface area contributed by atoms with E-state index >= 15 is 0 Å². The molecule has 0 aliphatic rings. The number of allylic oxidation sites excluding steroid dienone is 10. The van der Waals surface area contributed by atoms with Gasteiger partial charge in [0.2, 0.25) is 0 Å². The van der Waals surface area contributed by atoms with E-state index in [4.69, 9.17) is 14.6 Å². The first-order valence-corrected chi connectivity index (χ1v) is 13.8. The molecule has 0 saturated carbocycles. The average molecular weight is 489 g/mol. The lowest BCUT2D eigenvalue weighted by atomic mass is 10.1. The first-order valence-electron chi connectivity index (χ1n) is 13.8. The molecule has 0 aromatic rings. The van der Waals surface area contributed by atoms with Crippen LogP contribution in [0.3, 0.4) is 0 Å². The Kier molecular flexibility index (Phi) is 26.8. The van der Waals surface area contributed by atoms with Crippen molar-refractivity contribution in [2.75, 3.05) is 19.8 Å². The Balaban J connectivity index is 3.37. The molecule has 0 heterocycles. The quantitative estimate of drug-likeness (QED) is 0.0845. The van der Waals surface area contributed by atoms with Gasteiger partial charge in [-0.3, -0.25) is 4.79 Å². The van der Waals surface area contributed by atoms with E-state index in [9.17, 15) is 4.79 Å². The highest BCUT2D eigenvalue weighted by Gasteiger charge is 2.10. The van der Waals surface area contributed by atoms with Crippen LogP contribution in [0, 0.1) is 0 Å². The van der Waals surface area contributed by atoms with Crippen molar-refractivity contribution in [2.45, 2.75) is 110 Å². The summed E-state index contributed by atoms with van der Waals surface area (Å²) in [4.78, 5) is 10.9. The van der Waals surface area contributed by atoms with Crippen molar-refractivity contribution in [3.05, 3.63) is 60.8 Å². The van der Waals surface area contributed by atoms with Gasteiger partial charge in [0, 0.05) is 13.5 Å². The van der Waals surface area contributed by atoms with Crippen molar-refractivity contribution < 1.29 is 19.4 Å². The molecule has 1 N–H and O–H groups in total. The zero-order valence-electron chi connectivity index (χ0n) is 22.5. The zero-order chi connectivity index (χ0) is 25.7. The van der Waals surface area contributed by atoms with Crippen LogP contribution in [0.1, 0.15) is 104 Å². The minimum Gasteiger partial charge on any atom is -0.458 e. The molecule has 0 bridgehead atoms. The number of hydrogen-bond acceptors (Lipinski definition) is 4. The molecule has 35 heavy (non-hydrogen) atoms. The summed E-state index contributed by atoms with van der Waals surface area (Å²) >= 11 is 0. The minimum absolute atomic E-state index is 0.194. The van der Waals surface area contributed by atoms with Crippen LogP contribution >= 0.6 is 0 Å². The van der Waals surface area contributed by atoms with Gasteiger partial charge in [0.15, 0.2) is 0 Å². The Bertz CT molecular complexity index is 601. The first kappa shape index (κ1) is 33.1. The second kappa shape index (κ2) is 28.3. The number of ether oxygens (including phenoxy) is 2. The largest absolute Gasteiger partial charge is 0.458 e. The third-order valence-electron chi connectivity index (χ3n) is 5.41. The maximum absolute atomic E-state index is 10.9. The van der Waals surface area contributed by atoms with Gasteiger partial charge in [-0.25, -0.2) is 0 Å². The monoisotopic (exact) mass is 488 g/mol. The highest BCUT2D eigenvalue weighted by molar-refractivity contribution is 5.66. The maximum atomic E-state index is 10.9. The molecule has 0 fully saturated rings. The van der Waals surface area contributed by atoms with Crippen molar-refractivity contribution in [2.24, 2.45) is 0 Å². The van der Waals surface area contributed by atoms with Crippen LogP contribution < -0.4 is 0 Å². The van der Waals surface area contributed by atoms with Gasteiger partial charge in [0.05, 0.1) is 13.2 Å². The van der Waals surface area contributed by atoms with Crippen molar-refractivity contribution >= 4 is 5.97 Å². The van der Waals surface area contributed by atoms with Gasteiger partial charge in [-0.2, -0.15) is 0 Å². The van der Waals surface area contributed by atoms with Gasteiger partial charge in [0.25, 0.3) is 0 Å². The van der Waals surface area contributed by atoms with Crippen molar-refractivity contribution in [1.29, 1.82) is 0 Å². The number of carbonyl (C=O) groups is 1. The number of hydrogen-bond donors (Lipinski definition) is 1.